The Kier molecular flexibility index (Phi) is 2.02. The molecule has 1 aliphatic carbocycles. The van der Waals surface area contributed by atoms with Gasteiger partial charge in [0.1, 0.15) is 0 Å². The molecule has 1 unspecified atom stereocenters. The predicted octanol–water partition coefficient (Wildman–Crippen LogP) is 4.39. The number of fused-ring (bicyclic) bond motifs is 5. The number of hydrogen-bond donors (Lipinski definition) is 0. The second-order valence-electron chi connectivity index (χ2n) is 6.36. The SMILES string of the molecule is CC1CC[C@@]2(C)C3=C(CCC3)c3ccccc3N12. The molecule has 1 aromatic carbocycles. The van der Waals surface area contributed by atoms with Gasteiger partial charge in [-0.05, 0) is 63.2 Å². The smallest absolute Gasteiger partial charge is 0.0595 e. The summed E-state index contributed by atoms with van der Waals surface area (Å²) in [6.07, 6.45) is 6.65. The molecule has 4 rings (SSSR count). The van der Waals surface area contributed by atoms with Crippen LogP contribution in [0.1, 0.15) is 51.5 Å². The van der Waals surface area contributed by atoms with Crippen LogP contribution in [0.2, 0.25) is 0 Å². The normalized spacial score (nSPS) is 33.4. The number of para-hydroxylation sites is 1. The monoisotopic (exact) mass is 239 g/mol. The Bertz CT molecular complexity index is 542. The van der Waals surface area contributed by atoms with Gasteiger partial charge in [0.05, 0.1) is 5.54 Å². The zero-order valence-corrected chi connectivity index (χ0v) is 11.4. The van der Waals surface area contributed by atoms with Crippen LogP contribution in [0.5, 0.6) is 0 Å². The summed E-state index contributed by atoms with van der Waals surface area (Å²) >= 11 is 0. The minimum absolute atomic E-state index is 0.319. The maximum Gasteiger partial charge on any atom is 0.0595 e. The van der Waals surface area contributed by atoms with Crippen molar-refractivity contribution in [3.63, 3.8) is 0 Å². The van der Waals surface area contributed by atoms with Gasteiger partial charge in [0.15, 0.2) is 0 Å². The second-order valence-corrected chi connectivity index (χ2v) is 6.36. The third-order valence-corrected chi connectivity index (χ3v) is 5.38. The minimum atomic E-state index is 0.319. The van der Waals surface area contributed by atoms with Crippen molar-refractivity contribution in [3.05, 3.63) is 35.4 Å². The van der Waals surface area contributed by atoms with Crippen molar-refractivity contribution < 1.29 is 0 Å². The van der Waals surface area contributed by atoms with Gasteiger partial charge in [-0.1, -0.05) is 18.2 Å². The molecule has 0 bridgehead atoms. The second kappa shape index (κ2) is 3.40. The number of nitrogens with zero attached hydrogens (tertiary/aromatic N) is 1. The minimum Gasteiger partial charge on any atom is -0.359 e. The number of allylic oxidation sites excluding steroid dienone is 1. The lowest BCUT2D eigenvalue weighted by atomic mass is 9.80. The van der Waals surface area contributed by atoms with Gasteiger partial charge in [0.2, 0.25) is 0 Å². The fourth-order valence-electron chi connectivity index (χ4n) is 4.60. The molecule has 0 radical (unpaired) electrons. The molecule has 1 fully saturated rings. The number of hydrogen-bond acceptors (Lipinski definition) is 1. The molecule has 1 heteroatoms. The van der Waals surface area contributed by atoms with Crippen LogP contribution in [0, 0.1) is 0 Å². The topological polar surface area (TPSA) is 3.24 Å². The Morgan fingerprint density at radius 3 is 2.94 bits per heavy atom. The van der Waals surface area contributed by atoms with Crippen LogP contribution in [-0.2, 0) is 0 Å². The molecule has 1 saturated heterocycles. The molecule has 0 amide bonds. The highest BCUT2D eigenvalue weighted by Gasteiger charge is 2.48. The lowest BCUT2D eigenvalue weighted by Crippen LogP contribution is -2.48. The van der Waals surface area contributed by atoms with Gasteiger partial charge in [0.25, 0.3) is 0 Å². The molecule has 0 saturated carbocycles. The van der Waals surface area contributed by atoms with Crippen LogP contribution in [-0.4, -0.2) is 11.6 Å². The maximum absolute atomic E-state index is 2.71. The van der Waals surface area contributed by atoms with Gasteiger partial charge >= 0.3 is 0 Å². The van der Waals surface area contributed by atoms with E-state index in [1.165, 1.54) is 43.4 Å². The van der Waals surface area contributed by atoms with E-state index in [1.807, 2.05) is 0 Å². The zero-order valence-electron chi connectivity index (χ0n) is 11.4. The molecular formula is C17H21N. The molecule has 1 nitrogen and oxygen atoms in total. The Hall–Kier alpha value is -1.24. The summed E-state index contributed by atoms with van der Waals surface area (Å²) < 4.78 is 0. The third kappa shape index (κ3) is 1.13. The van der Waals surface area contributed by atoms with Gasteiger partial charge in [-0.15, -0.1) is 0 Å². The average Bonchev–Trinajstić information content (AvgIpc) is 2.96. The van der Waals surface area contributed by atoms with E-state index in [1.54, 1.807) is 11.1 Å². The van der Waals surface area contributed by atoms with E-state index in [0.29, 0.717) is 11.6 Å². The lowest BCUT2D eigenvalue weighted by Gasteiger charge is -2.46. The zero-order chi connectivity index (χ0) is 12.3. The van der Waals surface area contributed by atoms with Crippen molar-refractivity contribution in [1.82, 2.24) is 0 Å². The Morgan fingerprint density at radius 2 is 2.06 bits per heavy atom. The summed E-state index contributed by atoms with van der Waals surface area (Å²) in [4.78, 5) is 2.71. The van der Waals surface area contributed by atoms with Gasteiger partial charge in [0, 0.05) is 17.3 Å². The molecule has 2 heterocycles. The highest BCUT2D eigenvalue weighted by Crippen LogP contribution is 2.55. The van der Waals surface area contributed by atoms with Gasteiger partial charge in [-0.25, -0.2) is 0 Å². The van der Waals surface area contributed by atoms with E-state index in [9.17, 15) is 0 Å². The molecule has 1 aromatic rings. The van der Waals surface area contributed by atoms with E-state index in [2.05, 4.69) is 43.0 Å². The molecule has 94 valence electrons. The molecule has 0 aromatic heterocycles. The van der Waals surface area contributed by atoms with Crippen molar-refractivity contribution in [2.24, 2.45) is 0 Å². The van der Waals surface area contributed by atoms with Gasteiger partial charge in [-0.3, -0.25) is 0 Å². The summed E-state index contributed by atoms with van der Waals surface area (Å²) in [5, 5.41) is 0. The number of benzene rings is 1. The third-order valence-electron chi connectivity index (χ3n) is 5.38. The standard InChI is InChI=1S/C17H21N/c1-12-10-11-17(2)15-8-5-7-13(15)14-6-3-4-9-16(14)18(12)17/h3-4,6,9,12H,5,7-8,10-11H2,1-2H3/t12?,17-/m0/s1. The van der Waals surface area contributed by atoms with Crippen LogP contribution in [0.15, 0.2) is 29.8 Å². The first-order valence-corrected chi connectivity index (χ1v) is 7.33. The van der Waals surface area contributed by atoms with E-state index in [4.69, 9.17) is 0 Å². The molecule has 2 aliphatic heterocycles. The van der Waals surface area contributed by atoms with Gasteiger partial charge in [-0.2, -0.15) is 0 Å². The number of anilines is 1. The lowest BCUT2D eigenvalue weighted by molar-refractivity contribution is 0.519. The first-order chi connectivity index (χ1) is 8.72. The van der Waals surface area contributed by atoms with E-state index >= 15 is 0 Å². The molecule has 0 N–H and O–H groups in total. The van der Waals surface area contributed by atoms with Crippen LogP contribution < -0.4 is 4.90 Å². The first kappa shape index (κ1) is 10.7. The van der Waals surface area contributed by atoms with Crippen LogP contribution in [0.3, 0.4) is 0 Å². The predicted molar refractivity (Wildman–Crippen MR) is 76.8 cm³/mol. The van der Waals surface area contributed by atoms with Crippen LogP contribution in [0.25, 0.3) is 5.57 Å². The highest BCUT2D eigenvalue weighted by molar-refractivity contribution is 5.86. The summed E-state index contributed by atoms with van der Waals surface area (Å²) in [7, 11) is 0. The fourth-order valence-corrected chi connectivity index (χ4v) is 4.60. The van der Waals surface area contributed by atoms with E-state index in [0.717, 1.165) is 0 Å². The summed E-state index contributed by atoms with van der Waals surface area (Å²) in [6.45, 7) is 4.87. The number of rotatable bonds is 0. The van der Waals surface area contributed by atoms with Crippen LogP contribution >= 0.6 is 0 Å². The van der Waals surface area contributed by atoms with Crippen LogP contribution in [0.4, 0.5) is 5.69 Å². The molecule has 2 atom stereocenters. The van der Waals surface area contributed by atoms with E-state index < -0.39 is 0 Å². The van der Waals surface area contributed by atoms with Crippen molar-refractivity contribution in [1.29, 1.82) is 0 Å². The Labute approximate surface area is 109 Å². The molecular weight excluding hydrogens is 218 g/mol. The van der Waals surface area contributed by atoms with Crippen molar-refractivity contribution in [2.75, 3.05) is 4.90 Å². The largest absolute Gasteiger partial charge is 0.359 e. The molecule has 18 heavy (non-hydrogen) atoms. The highest BCUT2D eigenvalue weighted by atomic mass is 15.3. The Balaban J connectivity index is 2.01. The van der Waals surface area contributed by atoms with Crippen molar-refractivity contribution in [2.45, 2.75) is 57.5 Å². The first-order valence-electron chi connectivity index (χ1n) is 7.33. The summed E-state index contributed by atoms with van der Waals surface area (Å²) in [6, 6.07) is 9.75. The van der Waals surface area contributed by atoms with Crippen molar-refractivity contribution in [3.8, 4) is 0 Å². The summed E-state index contributed by atoms with van der Waals surface area (Å²) in [5.74, 6) is 0. The van der Waals surface area contributed by atoms with Gasteiger partial charge < -0.3 is 4.90 Å². The molecule has 0 spiro atoms. The molecule has 3 aliphatic rings. The maximum atomic E-state index is 2.71. The summed E-state index contributed by atoms with van der Waals surface area (Å²) in [5.41, 5.74) is 6.77. The van der Waals surface area contributed by atoms with Crippen molar-refractivity contribution >= 4 is 11.3 Å². The average molecular weight is 239 g/mol. The Morgan fingerprint density at radius 1 is 1.22 bits per heavy atom. The fraction of sp³-hybridized carbons (Fsp3) is 0.529. The quantitative estimate of drug-likeness (QED) is 0.649. The van der Waals surface area contributed by atoms with E-state index in [-0.39, 0.29) is 0 Å².